The molecule has 0 saturated carbocycles. The molecule has 0 amide bonds. The van der Waals surface area contributed by atoms with Crippen LogP contribution >= 0.6 is 0 Å². The first-order valence-electron chi connectivity index (χ1n) is 9.09. The number of rotatable bonds is 4. The smallest absolute Gasteiger partial charge is 0.277 e. The lowest BCUT2D eigenvalue weighted by Gasteiger charge is -2.32. The maximum Gasteiger partial charge on any atom is 0.277 e. The summed E-state index contributed by atoms with van der Waals surface area (Å²) in [6, 6.07) is 26.4. The lowest BCUT2D eigenvalue weighted by atomic mass is 9.75. The predicted octanol–water partition coefficient (Wildman–Crippen LogP) is 6.31. The van der Waals surface area contributed by atoms with Crippen LogP contribution in [0.25, 0.3) is 5.57 Å². The molecule has 0 spiro atoms. The van der Waals surface area contributed by atoms with Gasteiger partial charge in [-0.05, 0) is 28.9 Å². The lowest BCUT2D eigenvalue weighted by molar-refractivity contribution is 0.0410. The molecule has 0 radical (unpaired) electrons. The molecule has 138 valence electrons. The minimum absolute atomic E-state index is 0.257. The van der Waals surface area contributed by atoms with Crippen molar-refractivity contribution in [2.45, 2.75) is 11.8 Å². The van der Waals surface area contributed by atoms with E-state index >= 15 is 8.78 Å². The SMILES string of the molecule is O=C(C1=C(c2ccccc2)C(c2ccccc2)C(F)(F)C=C1)c1ccccc1. The Morgan fingerprint density at radius 1 is 0.750 bits per heavy atom. The van der Waals surface area contributed by atoms with Crippen molar-refractivity contribution < 1.29 is 13.6 Å². The fourth-order valence-corrected chi connectivity index (χ4v) is 3.65. The molecule has 3 heteroatoms. The van der Waals surface area contributed by atoms with E-state index in [-0.39, 0.29) is 5.78 Å². The number of ketones is 1. The molecule has 3 aromatic rings. The van der Waals surface area contributed by atoms with Gasteiger partial charge in [-0.3, -0.25) is 4.79 Å². The summed E-state index contributed by atoms with van der Waals surface area (Å²) in [5.41, 5.74) is 2.24. The van der Waals surface area contributed by atoms with Gasteiger partial charge in [-0.15, -0.1) is 0 Å². The average Bonchev–Trinajstić information content (AvgIpc) is 2.74. The summed E-state index contributed by atoms with van der Waals surface area (Å²) >= 11 is 0. The first-order chi connectivity index (χ1) is 13.6. The van der Waals surface area contributed by atoms with Crippen molar-refractivity contribution in [1.29, 1.82) is 0 Å². The van der Waals surface area contributed by atoms with Crippen molar-refractivity contribution in [2.75, 3.05) is 0 Å². The summed E-state index contributed by atoms with van der Waals surface area (Å²) in [5, 5.41) is 0. The third kappa shape index (κ3) is 3.31. The molecule has 0 fully saturated rings. The average molecular weight is 372 g/mol. The summed E-state index contributed by atoms with van der Waals surface area (Å²) in [4.78, 5) is 13.2. The third-order valence-corrected chi connectivity index (χ3v) is 4.93. The summed E-state index contributed by atoms with van der Waals surface area (Å²) in [6.07, 6.45) is 2.13. The number of halogens is 2. The Morgan fingerprint density at radius 2 is 1.29 bits per heavy atom. The Bertz CT molecular complexity index is 1040. The first kappa shape index (κ1) is 18.1. The molecule has 1 nitrogen and oxygen atoms in total. The molecule has 0 bridgehead atoms. The molecule has 3 aromatic carbocycles. The fraction of sp³-hybridized carbons (Fsp3) is 0.0800. The van der Waals surface area contributed by atoms with Gasteiger partial charge >= 0.3 is 0 Å². The highest BCUT2D eigenvalue weighted by Crippen LogP contribution is 2.49. The van der Waals surface area contributed by atoms with E-state index in [4.69, 9.17) is 0 Å². The van der Waals surface area contributed by atoms with E-state index in [1.54, 1.807) is 78.9 Å². The maximum absolute atomic E-state index is 15.1. The van der Waals surface area contributed by atoms with Crippen molar-refractivity contribution in [3.8, 4) is 0 Å². The monoisotopic (exact) mass is 372 g/mol. The molecule has 4 rings (SSSR count). The van der Waals surface area contributed by atoms with Crippen LogP contribution in [0.2, 0.25) is 0 Å². The minimum atomic E-state index is -3.10. The largest absolute Gasteiger partial charge is 0.289 e. The van der Waals surface area contributed by atoms with Gasteiger partial charge in [-0.25, -0.2) is 8.78 Å². The van der Waals surface area contributed by atoms with Crippen molar-refractivity contribution in [3.05, 3.63) is 125 Å². The van der Waals surface area contributed by atoms with Crippen LogP contribution in [-0.2, 0) is 0 Å². The zero-order chi connectivity index (χ0) is 19.6. The van der Waals surface area contributed by atoms with Gasteiger partial charge in [0.25, 0.3) is 5.92 Å². The number of Topliss-reactive ketones (excluding diaryl/α,β-unsaturated/α-hetero) is 1. The van der Waals surface area contributed by atoms with Crippen LogP contribution < -0.4 is 0 Å². The minimum Gasteiger partial charge on any atom is -0.289 e. The van der Waals surface area contributed by atoms with Crippen molar-refractivity contribution in [1.82, 2.24) is 0 Å². The second-order valence-electron chi connectivity index (χ2n) is 6.74. The molecule has 28 heavy (non-hydrogen) atoms. The molecule has 0 N–H and O–H groups in total. The highest BCUT2D eigenvalue weighted by Gasteiger charge is 2.45. The molecule has 0 saturated heterocycles. The van der Waals surface area contributed by atoms with Gasteiger partial charge in [0.1, 0.15) is 0 Å². The molecule has 1 unspecified atom stereocenters. The quantitative estimate of drug-likeness (QED) is 0.490. The number of alkyl halides is 2. The highest BCUT2D eigenvalue weighted by atomic mass is 19.3. The van der Waals surface area contributed by atoms with Crippen LogP contribution in [-0.4, -0.2) is 11.7 Å². The highest BCUT2D eigenvalue weighted by molar-refractivity contribution is 6.16. The van der Waals surface area contributed by atoms with Gasteiger partial charge < -0.3 is 0 Å². The summed E-state index contributed by atoms with van der Waals surface area (Å²) in [7, 11) is 0. The number of benzene rings is 3. The Balaban J connectivity index is 1.97. The topological polar surface area (TPSA) is 17.1 Å². The van der Waals surface area contributed by atoms with Crippen LogP contribution in [0.4, 0.5) is 8.78 Å². The predicted molar refractivity (Wildman–Crippen MR) is 107 cm³/mol. The van der Waals surface area contributed by atoms with E-state index in [1.807, 2.05) is 12.1 Å². The normalized spacial score (nSPS) is 18.1. The van der Waals surface area contributed by atoms with E-state index in [2.05, 4.69) is 0 Å². The molecule has 1 aliphatic rings. The van der Waals surface area contributed by atoms with Crippen LogP contribution in [0.5, 0.6) is 0 Å². The number of carbonyl (C=O) groups is 1. The Labute approximate surface area is 162 Å². The summed E-state index contributed by atoms with van der Waals surface area (Å²) in [6.45, 7) is 0. The van der Waals surface area contributed by atoms with Crippen LogP contribution in [0.1, 0.15) is 27.4 Å². The zero-order valence-corrected chi connectivity index (χ0v) is 15.1. The van der Waals surface area contributed by atoms with E-state index in [0.717, 1.165) is 6.08 Å². The summed E-state index contributed by atoms with van der Waals surface area (Å²) in [5.74, 6) is -4.59. The lowest BCUT2D eigenvalue weighted by Crippen LogP contribution is -2.29. The molecular weight excluding hydrogens is 354 g/mol. The van der Waals surface area contributed by atoms with Gasteiger partial charge in [0.2, 0.25) is 0 Å². The molecule has 1 aliphatic carbocycles. The van der Waals surface area contributed by atoms with Crippen LogP contribution in [0.15, 0.2) is 109 Å². The Morgan fingerprint density at radius 3 is 1.89 bits per heavy atom. The Kier molecular flexibility index (Phi) is 4.74. The molecule has 0 heterocycles. The van der Waals surface area contributed by atoms with Gasteiger partial charge in [-0.1, -0.05) is 91.0 Å². The molecule has 0 aromatic heterocycles. The fourth-order valence-electron chi connectivity index (χ4n) is 3.65. The second-order valence-corrected chi connectivity index (χ2v) is 6.74. The second kappa shape index (κ2) is 7.35. The van der Waals surface area contributed by atoms with E-state index in [1.165, 1.54) is 6.08 Å². The van der Waals surface area contributed by atoms with Gasteiger partial charge in [0.15, 0.2) is 5.78 Å². The standard InChI is InChI=1S/C25H18F2O/c26-25(27)17-16-21(24(28)20-14-8-3-9-15-20)22(18-10-4-1-5-11-18)23(25)19-12-6-2-7-13-19/h1-17,23H. The summed E-state index contributed by atoms with van der Waals surface area (Å²) < 4.78 is 30.2. The first-order valence-corrected chi connectivity index (χ1v) is 9.09. The third-order valence-electron chi connectivity index (χ3n) is 4.93. The molecule has 1 atom stereocenters. The maximum atomic E-state index is 15.1. The van der Waals surface area contributed by atoms with Gasteiger partial charge in [0, 0.05) is 11.1 Å². The molecular formula is C25H18F2O. The van der Waals surface area contributed by atoms with E-state index < -0.39 is 11.8 Å². The van der Waals surface area contributed by atoms with Gasteiger partial charge in [0.05, 0.1) is 5.92 Å². The van der Waals surface area contributed by atoms with Crippen LogP contribution in [0, 0.1) is 0 Å². The number of carbonyl (C=O) groups excluding carboxylic acids is 1. The zero-order valence-electron chi connectivity index (χ0n) is 15.1. The van der Waals surface area contributed by atoms with Crippen molar-refractivity contribution in [3.63, 3.8) is 0 Å². The van der Waals surface area contributed by atoms with Crippen molar-refractivity contribution >= 4 is 11.4 Å². The van der Waals surface area contributed by atoms with Crippen LogP contribution in [0.3, 0.4) is 0 Å². The van der Waals surface area contributed by atoms with Crippen molar-refractivity contribution in [2.24, 2.45) is 0 Å². The number of hydrogen-bond acceptors (Lipinski definition) is 1. The number of allylic oxidation sites excluding steroid dienone is 4. The molecule has 0 aliphatic heterocycles. The van der Waals surface area contributed by atoms with E-state index in [0.29, 0.717) is 27.8 Å². The van der Waals surface area contributed by atoms with Gasteiger partial charge in [-0.2, -0.15) is 0 Å². The number of hydrogen-bond donors (Lipinski definition) is 0. The Hall–Kier alpha value is -3.33. The van der Waals surface area contributed by atoms with E-state index in [9.17, 15) is 4.79 Å².